The van der Waals surface area contributed by atoms with Crippen molar-refractivity contribution in [3.63, 3.8) is 0 Å². The third-order valence-electron chi connectivity index (χ3n) is 3.79. The summed E-state index contributed by atoms with van der Waals surface area (Å²) in [6.07, 6.45) is 0.125. The Morgan fingerprint density at radius 2 is 1.89 bits per heavy atom. The smallest absolute Gasteiger partial charge is 0.410 e. The molecule has 1 saturated carbocycles. The molecule has 4 unspecified atom stereocenters. The van der Waals surface area contributed by atoms with Crippen LogP contribution >= 0.6 is 0 Å². The van der Waals surface area contributed by atoms with Crippen LogP contribution in [-0.4, -0.2) is 52.1 Å². The van der Waals surface area contributed by atoms with Gasteiger partial charge in [0.2, 0.25) is 0 Å². The summed E-state index contributed by atoms with van der Waals surface area (Å²) in [4.78, 5) is 13.6. The topological polar surface area (TPSA) is 70.0 Å². The van der Waals surface area contributed by atoms with Crippen LogP contribution in [0.5, 0.6) is 0 Å². The van der Waals surface area contributed by atoms with Crippen LogP contribution in [0, 0.1) is 11.8 Å². The molecule has 1 heterocycles. The van der Waals surface area contributed by atoms with Crippen molar-refractivity contribution >= 4 is 6.09 Å². The summed E-state index contributed by atoms with van der Waals surface area (Å²) in [6.45, 7) is 6.41. The zero-order chi connectivity index (χ0) is 13.5. The van der Waals surface area contributed by atoms with Gasteiger partial charge < -0.3 is 19.8 Å². The number of rotatable bonds is 0. The van der Waals surface area contributed by atoms with Gasteiger partial charge in [-0.3, -0.25) is 0 Å². The van der Waals surface area contributed by atoms with Crippen LogP contribution in [0.3, 0.4) is 0 Å². The number of aliphatic hydroxyl groups is 2. The molecule has 104 valence electrons. The Labute approximate surface area is 108 Å². The minimum absolute atomic E-state index is 0.0691. The van der Waals surface area contributed by atoms with E-state index in [1.54, 1.807) is 4.90 Å². The Balaban J connectivity index is 2.02. The molecule has 0 aromatic rings. The van der Waals surface area contributed by atoms with Crippen LogP contribution in [0.1, 0.15) is 33.6 Å². The monoisotopic (exact) mass is 257 g/mol. The van der Waals surface area contributed by atoms with E-state index in [1.807, 2.05) is 20.8 Å². The van der Waals surface area contributed by atoms with Crippen molar-refractivity contribution in [2.24, 2.45) is 11.8 Å². The highest BCUT2D eigenvalue weighted by Crippen LogP contribution is 2.35. The lowest BCUT2D eigenvalue weighted by Gasteiger charge is -2.46. The Morgan fingerprint density at radius 1 is 1.22 bits per heavy atom. The SMILES string of the molecule is CC(C)(C)OC(=O)N1CC2CCC(O)C(C1)C2O. The number of aliphatic hydroxyl groups excluding tert-OH is 2. The number of fused-ring (bicyclic) bond motifs is 2. The second kappa shape index (κ2) is 4.70. The molecule has 5 nitrogen and oxygen atoms in total. The van der Waals surface area contributed by atoms with E-state index in [9.17, 15) is 15.0 Å². The maximum Gasteiger partial charge on any atom is 0.410 e. The fraction of sp³-hybridized carbons (Fsp3) is 0.923. The van der Waals surface area contributed by atoms with Gasteiger partial charge in [0.05, 0.1) is 12.2 Å². The molecule has 0 aromatic carbocycles. The molecular weight excluding hydrogens is 234 g/mol. The molecule has 18 heavy (non-hydrogen) atoms. The van der Waals surface area contributed by atoms with E-state index in [0.717, 1.165) is 6.42 Å². The van der Waals surface area contributed by atoms with E-state index >= 15 is 0 Å². The molecule has 1 aliphatic carbocycles. The number of carbonyl (C=O) groups is 1. The molecule has 0 aromatic heterocycles. The van der Waals surface area contributed by atoms with Crippen molar-refractivity contribution in [3.05, 3.63) is 0 Å². The third kappa shape index (κ3) is 2.78. The third-order valence-corrected chi connectivity index (χ3v) is 3.79. The summed E-state index contributed by atoms with van der Waals surface area (Å²) < 4.78 is 5.34. The van der Waals surface area contributed by atoms with E-state index in [1.165, 1.54) is 0 Å². The summed E-state index contributed by atoms with van der Waals surface area (Å²) in [5, 5.41) is 19.9. The molecule has 1 saturated heterocycles. The predicted octanol–water partition coefficient (Wildman–Crippen LogP) is 0.985. The molecule has 0 radical (unpaired) electrons. The highest BCUT2D eigenvalue weighted by Gasteiger charge is 2.44. The molecule has 5 heteroatoms. The minimum Gasteiger partial charge on any atom is -0.444 e. The van der Waals surface area contributed by atoms with Crippen molar-refractivity contribution in [1.82, 2.24) is 4.90 Å². The van der Waals surface area contributed by atoms with E-state index in [4.69, 9.17) is 4.74 Å². The number of likely N-dealkylation sites (tertiary alicyclic amines) is 1. The minimum atomic E-state index is -0.513. The van der Waals surface area contributed by atoms with Crippen molar-refractivity contribution in [1.29, 1.82) is 0 Å². The van der Waals surface area contributed by atoms with Gasteiger partial charge in [-0.05, 0) is 33.6 Å². The molecule has 1 aliphatic heterocycles. The number of hydrogen-bond donors (Lipinski definition) is 2. The molecular formula is C13H23NO4. The second-order valence-corrected chi connectivity index (χ2v) is 6.44. The number of hydrogen-bond acceptors (Lipinski definition) is 4. The molecule has 2 N–H and O–H groups in total. The van der Waals surface area contributed by atoms with Gasteiger partial charge in [-0.2, -0.15) is 0 Å². The van der Waals surface area contributed by atoms with Crippen LogP contribution in [0.15, 0.2) is 0 Å². The van der Waals surface area contributed by atoms with Crippen LogP contribution in [0.2, 0.25) is 0 Å². The largest absolute Gasteiger partial charge is 0.444 e. The molecule has 2 aliphatic rings. The van der Waals surface area contributed by atoms with Crippen LogP contribution in [0.25, 0.3) is 0 Å². The van der Waals surface area contributed by atoms with Crippen LogP contribution in [0.4, 0.5) is 4.79 Å². The second-order valence-electron chi connectivity index (χ2n) is 6.44. The zero-order valence-electron chi connectivity index (χ0n) is 11.3. The van der Waals surface area contributed by atoms with Gasteiger partial charge in [-0.1, -0.05) is 0 Å². The molecule has 2 fully saturated rings. The predicted molar refractivity (Wildman–Crippen MR) is 66.0 cm³/mol. The maximum atomic E-state index is 12.0. The lowest BCUT2D eigenvalue weighted by atomic mass is 9.74. The quantitative estimate of drug-likeness (QED) is 0.679. The van der Waals surface area contributed by atoms with Crippen molar-refractivity contribution in [3.8, 4) is 0 Å². The number of ether oxygens (including phenoxy) is 1. The van der Waals surface area contributed by atoms with Gasteiger partial charge in [-0.25, -0.2) is 4.79 Å². The van der Waals surface area contributed by atoms with Gasteiger partial charge >= 0.3 is 6.09 Å². The average Bonchev–Trinajstić information content (AvgIpc) is 2.21. The Bertz CT molecular complexity index is 325. The summed E-state index contributed by atoms with van der Waals surface area (Å²) in [7, 11) is 0. The van der Waals surface area contributed by atoms with Crippen LogP contribution in [-0.2, 0) is 4.74 Å². The molecule has 0 spiro atoms. The first-order chi connectivity index (χ1) is 8.28. The van der Waals surface area contributed by atoms with Gasteiger partial charge in [0.15, 0.2) is 0 Å². The first-order valence-electron chi connectivity index (χ1n) is 6.62. The maximum absolute atomic E-state index is 12.0. The molecule has 4 atom stereocenters. The first-order valence-corrected chi connectivity index (χ1v) is 6.62. The Kier molecular flexibility index (Phi) is 3.56. The highest BCUT2D eigenvalue weighted by molar-refractivity contribution is 5.68. The summed E-state index contributed by atoms with van der Waals surface area (Å²) >= 11 is 0. The van der Waals surface area contributed by atoms with Crippen molar-refractivity contribution in [2.45, 2.75) is 51.4 Å². The van der Waals surface area contributed by atoms with Gasteiger partial charge in [0, 0.05) is 24.9 Å². The van der Waals surface area contributed by atoms with Crippen LogP contribution < -0.4 is 0 Å². The highest BCUT2D eigenvalue weighted by atomic mass is 16.6. The van der Waals surface area contributed by atoms with E-state index in [-0.39, 0.29) is 17.9 Å². The van der Waals surface area contributed by atoms with Crippen molar-refractivity contribution < 1.29 is 19.7 Å². The summed E-state index contributed by atoms with van der Waals surface area (Å²) in [6, 6.07) is 0. The summed E-state index contributed by atoms with van der Waals surface area (Å²) in [5.41, 5.74) is -0.513. The Morgan fingerprint density at radius 3 is 2.50 bits per heavy atom. The Hall–Kier alpha value is -0.810. The number of amides is 1. The zero-order valence-corrected chi connectivity index (χ0v) is 11.3. The fourth-order valence-corrected chi connectivity index (χ4v) is 2.86. The molecule has 2 rings (SSSR count). The molecule has 2 bridgehead atoms. The average molecular weight is 257 g/mol. The van der Waals surface area contributed by atoms with E-state index < -0.39 is 17.8 Å². The number of piperidine rings is 1. The van der Waals surface area contributed by atoms with Gasteiger partial charge in [0.1, 0.15) is 5.60 Å². The van der Waals surface area contributed by atoms with Gasteiger partial charge in [0.25, 0.3) is 0 Å². The van der Waals surface area contributed by atoms with Gasteiger partial charge in [-0.15, -0.1) is 0 Å². The standard InChI is InChI=1S/C13H23NO4/c1-13(2,3)18-12(17)14-6-8-4-5-10(15)9(7-14)11(8)16/h8-11,15-16H,4-7H2,1-3H3. The summed E-state index contributed by atoms with van der Waals surface area (Å²) in [5.74, 6) is -0.162. The number of nitrogens with zero attached hydrogens (tertiary/aromatic N) is 1. The lowest BCUT2D eigenvalue weighted by molar-refractivity contribution is -0.104. The first kappa shape index (κ1) is 13.6. The molecule has 1 amide bonds. The fourth-order valence-electron chi connectivity index (χ4n) is 2.86. The van der Waals surface area contributed by atoms with Crippen molar-refractivity contribution in [2.75, 3.05) is 13.1 Å². The normalized spacial score (nSPS) is 36.4. The lowest BCUT2D eigenvalue weighted by Crippen LogP contribution is -2.58. The van der Waals surface area contributed by atoms with E-state index in [2.05, 4.69) is 0 Å². The van der Waals surface area contributed by atoms with E-state index in [0.29, 0.717) is 19.5 Å². The number of carbonyl (C=O) groups excluding carboxylic acids is 1.